The van der Waals surface area contributed by atoms with Crippen LogP contribution in [0.15, 0.2) is 71.9 Å². The number of hydrogen-bond acceptors (Lipinski definition) is 4. The van der Waals surface area contributed by atoms with Crippen LogP contribution in [0.5, 0.6) is 0 Å². The predicted molar refractivity (Wildman–Crippen MR) is 117 cm³/mol. The number of benzene rings is 2. The molecule has 1 heterocycles. The smallest absolute Gasteiger partial charge is 0.258 e. The van der Waals surface area contributed by atoms with Gasteiger partial charge in [-0.15, -0.1) is 11.8 Å². The minimum absolute atomic E-state index is 0.194. The number of pyridine rings is 1. The molecule has 0 aliphatic heterocycles. The SMILES string of the molecule is CN(C)CCc1ccc(NC(=O)c2cccnc2SCc2ccc(F)cc2)cc1. The number of thioether (sulfide) groups is 1. The largest absolute Gasteiger partial charge is 0.322 e. The third kappa shape index (κ3) is 6.41. The minimum atomic E-state index is -0.260. The van der Waals surface area contributed by atoms with Gasteiger partial charge in [-0.05, 0) is 68.0 Å². The van der Waals surface area contributed by atoms with Crippen molar-refractivity contribution in [2.24, 2.45) is 0 Å². The molecular formula is C23H24FN3OS. The molecule has 4 nitrogen and oxygen atoms in total. The Morgan fingerprint density at radius 3 is 2.41 bits per heavy atom. The molecule has 1 amide bonds. The van der Waals surface area contributed by atoms with E-state index in [4.69, 9.17) is 0 Å². The number of carbonyl (C=O) groups excluding carboxylic acids is 1. The number of likely N-dealkylation sites (N-methyl/N-ethyl adjacent to an activating group) is 1. The first-order valence-electron chi connectivity index (χ1n) is 9.38. The first-order chi connectivity index (χ1) is 14.0. The molecule has 29 heavy (non-hydrogen) atoms. The molecule has 0 atom stereocenters. The van der Waals surface area contributed by atoms with Crippen molar-refractivity contribution < 1.29 is 9.18 Å². The van der Waals surface area contributed by atoms with Crippen molar-refractivity contribution in [2.45, 2.75) is 17.2 Å². The van der Waals surface area contributed by atoms with Gasteiger partial charge >= 0.3 is 0 Å². The molecule has 0 aliphatic carbocycles. The minimum Gasteiger partial charge on any atom is -0.322 e. The lowest BCUT2D eigenvalue weighted by molar-refractivity contribution is 0.102. The van der Waals surface area contributed by atoms with Gasteiger partial charge in [0.2, 0.25) is 0 Å². The van der Waals surface area contributed by atoms with Crippen molar-refractivity contribution >= 4 is 23.4 Å². The van der Waals surface area contributed by atoms with Crippen LogP contribution in [0.25, 0.3) is 0 Å². The topological polar surface area (TPSA) is 45.2 Å². The maximum Gasteiger partial charge on any atom is 0.258 e. The first-order valence-corrected chi connectivity index (χ1v) is 10.4. The molecule has 0 saturated carbocycles. The average Bonchev–Trinajstić information content (AvgIpc) is 2.73. The first kappa shape index (κ1) is 21.0. The van der Waals surface area contributed by atoms with Gasteiger partial charge in [-0.3, -0.25) is 4.79 Å². The Morgan fingerprint density at radius 2 is 1.72 bits per heavy atom. The van der Waals surface area contributed by atoms with Gasteiger partial charge < -0.3 is 10.2 Å². The summed E-state index contributed by atoms with van der Waals surface area (Å²) >= 11 is 1.46. The van der Waals surface area contributed by atoms with Crippen LogP contribution in [0.4, 0.5) is 10.1 Å². The fourth-order valence-corrected chi connectivity index (χ4v) is 3.66. The molecule has 1 aromatic heterocycles. The number of anilines is 1. The second kappa shape index (κ2) is 10.2. The predicted octanol–water partition coefficient (Wildman–Crippen LogP) is 4.87. The molecule has 0 fully saturated rings. The van der Waals surface area contributed by atoms with E-state index >= 15 is 0 Å². The van der Waals surface area contributed by atoms with Crippen LogP contribution < -0.4 is 5.32 Å². The van der Waals surface area contributed by atoms with Gasteiger partial charge in [0.25, 0.3) is 5.91 Å². The van der Waals surface area contributed by atoms with E-state index in [-0.39, 0.29) is 11.7 Å². The maximum absolute atomic E-state index is 13.1. The van der Waals surface area contributed by atoms with E-state index in [2.05, 4.69) is 15.2 Å². The number of hydrogen-bond donors (Lipinski definition) is 1. The summed E-state index contributed by atoms with van der Waals surface area (Å²) in [5, 5.41) is 3.59. The molecule has 0 radical (unpaired) electrons. The van der Waals surface area contributed by atoms with Crippen molar-refractivity contribution in [1.82, 2.24) is 9.88 Å². The van der Waals surface area contributed by atoms with Gasteiger partial charge in [-0.25, -0.2) is 9.37 Å². The van der Waals surface area contributed by atoms with Crippen LogP contribution in [0, 0.1) is 5.82 Å². The third-order valence-corrected chi connectivity index (χ3v) is 5.44. The van der Waals surface area contributed by atoms with Crippen molar-refractivity contribution in [1.29, 1.82) is 0 Å². The molecule has 0 bridgehead atoms. The highest BCUT2D eigenvalue weighted by Gasteiger charge is 2.13. The lowest BCUT2D eigenvalue weighted by Gasteiger charge is -2.11. The molecule has 3 aromatic rings. The second-order valence-electron chi connectivity index (χ2n) is 6.98. The summed E-state index contributed by atoms with van der Waals surface area (Å²) in [7, 11) is 4.10. The molecule has 3 rings (SSSR count). The average molecular weight is 410 g/mol. The van der Waals surface area contributed by atoms with Gasteiger partial charge in [0.15, 0.2) is 0 Å². The zero-order valence-corrected chi connectivity index (χ0v) is 17.4. The van der Waals surface area contributed by atoms with E-state index in [1.165, 1.54) is 29.5 Å². The van der Waals surface area contributed by atoms with Crippen molar-refractivity contribution in [3.8, 4) is 0 Å². The van der Waals surface area contributed by atoms with E-state index in [1.807, 2.05) is 38.4 Å². The van der Waals surface area contributed by atoms with Crippen LogP contribution >= 0.6 is 11.8 Å². The third-order valence-electron chi connectivity index (χ3n) is 4.36. The molecule has 150 valence electrons. The Kier molecular flexibility index (Phi) is 7.38. The van der Waals surface area contributed by atoms with E-state index < -0.39 is 0 Å². The molecule has 2 aromatic carbocycles. The molecule has 6 heteroatoms. The molecule has 0 spiro atoms. The summed E-state index contributed by atoms with van der Waals surface area (Å²) in [6, 6.07) is 17.8. The molecule has 0 saturated heterocycles. The monoisotopic (exact) mass is 409 g/mol. The summed E-state index contributed by atoms with van der Waals surface area (Å²) in [5.74, 6) is 0.156. The van der Waals surface area contributed by atoms with Gasteiger partial charge in [-0.1, -0.05) is 24.3 Å². The lowest BCUT2D eigenvalue weighted by Crippen LogP contribution is -2.15. The standard InChI is InChI=1S/C23H24FN3OS/c1-27(2)15-13-17-7-11-20(12-8-17)26-22(28)21-4-3-14-25-23(21)29-16-18-5-9-19(24)10-6-18/h3-12,14H,13,15-16H2,1-2H3,(H,26,28). The quantitative estimate of drug-likeness (QED) is 0.539. The summed E-state index contributed by atoms with van der Waals surface area (Å²) in [6.07, 6.45) is 2.64. The van der Waals surface area contributed by atoms with Crippen molar-refractivity contribution in [3.63, 3.8) is 0 Å². The molecular weight excluding hydrogens is 385 g/mol. The highest BCUT2D eigenvalue weighted by molar-refractivity contribution is 7.98. The van der Waals surface area contributed by atoms with Crippen LogP contribution in [-0.2, 0) is 12.2 Å². The zero-order chi connectivity index (χ0) is 20.6. The summed E-state index contributed by atoms with van der Waals surface area (Å²) < 4.78 is 13.1. The number of amides is 1. The van der Waals surface area contributed by atoms with E-state index in [0.29, 0.717) is 16.3 Å². The second-order valence-corrected chi connectivity index (χ2v) is 7.94. The van der Waals surface area contributed by atoms with Crippen molar-refractivity contribution in [3.05, 3.63) is 89.4 Å². The van der Waals surface area contributed by atoms with Crippen LogP contribution in [0.2, 0.25) is 0 Å². The summed E-state index contributed by atoms with van der Waals surface area (Å²) in [6.45, 7) is 0.982. The molecule has 0 aliphatic rings. The zero-order valence-electron chi connectivity index (χ0n) is 16.6. The fraction of sp³-hybridized carbons (Fsp3) is 0.217. The molecule has 1 N–H and O–H groups in total. The van der Waals surface area contributed by atoms with Gasteiger partial charge in [0.05, 0.1) is 5.56 Å². The van der Waals surface area contributed by atoms with Gasteiger partial charge in [-0.2, -0.15) is 0 Å². The highest BCUT2D eigenvalue weighted by atomic mass is 32.2. The Hall–Kier alpha value is -2.70. The number of halogens is 1. The van der Waals surface area contributed by atoms with Gasteiger partial charge in [0.1, 0.15) is 10.8 Å². The fourth-order valence-electron chi connectivity index (χ4n) is 2.72. The van der Waals surface area contributed by atoms with Crippen molar-refractivity contribution in [2.75, 3.05) is 26.0 Å². The van der Waals surface area contributed by atoms with Crippen LogP contribution in [0.3, 0.4) is 0 Å². The van der Waals surface area contributed by atoms with Crippen LogP contribution in [-0.4, -0.2) is 36.4 Å². The number of carbonyl (C=O) groups is 1. The Balaban J connectivity index is 1.64. The maximum atomic E-state index is 13.1. The van der Waals surface area contributed by atoms with Crippen LogP contribution in [0.1, 0.15) is 21.5 Å². The Labute approximate surface area is 175 Å². The summed E-state index contributed by atoms with van der Waals surface area (Å²) in [5.41, 5.74) is 3.48. The number of aromatic nitrogens is 1. The summed E-state index contributed by atoms with van der Waals surface area (Å²) in [4.78, 5) is 19.3. The normalized spacial score (nSPS) is 10.9. The van der Waals surface area contributed by atoms with E-state index in [9.17, 15) is 9.18 Å². The van der Waals surface area contributed by atoms with Gasteiger partial charge in [0, 0.05) is 24.2 Å². The number of nitrogens with zero attached hydrogens (tertiary/aromatic N) is 2. The van der Waals surface area contributed by atoms with E-state index in [1.54, 1.807) is 30.5 Å². The number of nitrogens with one attached hydrogen (secondary N) is 1. The Bertz CT molecular complexity index is 943. The molecule has 0 unspecified atom stereocenters. The lowest BCUT2D eigenvalue weighted by atomic mass is 10.1. The Morgan fingerprint density at radius 1 is 1.03 bits per heavy atom. The number of rotatable bonds is 8. The van der Waals surface area contributed by atoms with E-state index in [0.717, 1.165) is 24.2 Å². The highest BCUT2D eigenvalue weighted by Crippen LogP contribution is 2.25.